The molecule has 6 heteroatoms. The van der Waals surface area contributed by atoms with Crippen molar-refractivity contribution in [3.63, 3.8) is 0 Å². The maximum Gasteiger partial charge on any atom is 0.280 e. The van der Waals surface area contributed by atoms with Crippen LogP contribution in [0.5, 0.6) is 0 Å². The second-order valence-corrected chi connectivity index (χ2v) is 5.87. The third-order valence-corrected chi connectivity index (χ3v) is 3.93. The van der Waals surface area contributed by atoms with Crippen LogP contribution in [0, 0.1) is 19.7 Å². The quantitative estimate of drug-likeness (QED) is 0.555. The van der Waals surface area contributed by atoms with Crippen LogP contribution in [0.2, 0.25) is 0 Å². The van der Waals surface area contributed by atoms with Crippen LogP contribution in [-0.2, 0) is 0 Å². The molecular formula is C19H17FN4O. The van der Waals surface area contributed by atoms with Gasteiger partial charge < -0.3 is 11.5 Å². The first-order valence-corrected chi connectivity index (χ1v) is 7.66. The van der Waals surface area contributed by atoms with Crippen LogP contribution in [0.3, 0.4) is 0 Å². The van der Waals surface area contributed by atoms with E-state index < -0.39 is 5.91 Å². The fourth-order valence-electron chi connectivity index (χ4n) is 2.81. The lowest BCUT2D eigenvalue weighted by Gasteiger charge is -2.11. The SMILES string of the molecule is Cc1ccc(-c2ccnc3c(C)cc(C(=O)N=C(N)N)cc23)c(F)c1. The van der Waals surface area contributed by atoms with Gasteiger partial charge in [-0.05, 0) is 54.8 Å². The van der Waals surface area contributed by atoms with Gasteiger partial charge in [0.15, 0.2) is 5.96 Å². The number of aliphatic imine (C=N–C) groups is 1. The topological polar surface area (TPSA) is 94.4 Å². The number of hydrogen-bond acceptors (Lipinski definition) is 2. The van der Waals surface area contributed by atoms with Gasteiger partial charge in [-0.3, -0.25) is 9.78 Å². The van der Waals surface area contributed by atoms with Crippen molar-refractivity contribution in [2.45, 2.75) is 13.8 Å². The van der Waals surface area contributed by atoms with E-state index in [1.54, 1.807) is 30.5 Å². The van der Waals surface area contributed by atoms with Crippen molar-refractivity contribution in [2.24, 2.45) is 16.5 Å². The normalized spacial score (nSPS) is 10.7. The van der Waals surface area contributed by atoms with E-state index in [9.17, 15) is 9.18 Å². The van der Waals surface area contributed by atoms with Gasteiger partial charge in [0.05, 0.1) is 5.52 Å². The summed E-state index contributed by atoms with van der Waals surface area (Å²) in [6.45, 7) is 3.66. The van der Waals surface area contributed by atoms with Crippen molar-refractivity contribution in [1.29, 1.82) is 0 Å². The Morgan fingerprint density at radius 2 is 1.84 bits per heavy atom. The van der Waals surface area contributed by atoms with Crippen LogP contribution < -0.4 is 11.5 Å². The number of pyridine rings is 1. The standard InChI is InChI=1S/C19H17FN4O/c1-10-3-4-14(16(20)7-10)13-5-6-23-17-11(2)8-12(9-15(13)17)18(25)24-19(21)22/h3-9H,1-2H3,(H4,21,22,24,25). The summed E-state index contributed by atoms with van der Waals surface area (Å²) in [7, 11) is 0. The van der Waals surface area contributed by atoms with Crippen LogP contribution in [0.1, 0.15) is 21.5 Å². The van der Waals surface area contributed by atoms with Crippen molar-refractivity contribution >= 4 is 22.8 Å². The largest absolute Gasteiger partial charge is 0.370 e. The Balaban J connectivity index is 2.28. The molecule has 5 nitrogen and oxygen atoms in total. The Hall–Kier alpha value is -3.28. The molecule has 0 saturated heterocycles. The van der Waals surface area contributed by atoms with Gasteiger partial charge in [0.2, 0.25) is 0 Å². The third-order valence-electron chi connectivity index (χ3n) is 3.93. The van der Waals surface area contributed by atoms with E-state index in [0.717, 1.165) is 11.1 Å². The highest BCUT2D eigenvalue weighted by atomic mass is 19.1. The highest BCUT2D eigenvalue weighted by Crippen LogP contribution is 2.32. The number of benzene rings is 2. The summed E-state index contributed by atoms with van der Waals surface area (Å²) in [4.78, 5) is 20.1. The fourth-order valence-corrected chi connectivity index (χ4v) is 2.81. The Bertz CT molecular complexity index is 1020. The van der Waals surface area contributed by atoms with Crippen LogP contribution >= 0.6 is 0 Å². The fraction of sp³-hybridized carbons (Fsp3) is 0.105. The molecular weight excluding hydrogens is 319 g/mol. The first kappa shape index (κ1) is 16.6. The van der Waals surface area contributed by atoms with Crippen LogP contribution in [-0.4, -0.2) is 16.9 Å². The third kappa shape index (κ3) is 3.19. The average Bonchev–Trinajstić information content (AvgIpc) is 2.54. The molecule has 0 fully saturated rings. The van der Waals surface area contributed by atoms with Crippen LogP contribution in [0.25, 0.3) is 22.0 Å². The minimum Gasteiger partial charge on any atom is -0.370 e. The Kier molecular flexibility index (Phi) is 4.19. The zero-order valence-corrected chi connectivity index (χ0v) is 13.9. The molecule has 3 rings (SSSR count). The first-order chi connectivity index (χ1) is 11.9. The molecule has 1 heterocycles. The predicted octanol–water partition coefficient (Wildman–Crippen LogP) is 3.07. The van der Waals surface area contributed by atoms with Crippen molar-refractivity contribution < 1.29 is 9.18 Å². The highest BCUT2D eigenvalue weighted by molar-refractivity contribution is 6.06. The molecule has 0 radical (unpaired) electrons. The van der Waals surface area contributed by atoms with E-state index in [1.807, 2.05) is 19.9 Å². The van der Waals surface area contributed by atoms with E-state index in [4.69, 9.17) is 11.5 Å². The van der Waals surface area contributed by atoms with E-state index in [0.29, 0.717) is 27.6 Å². The number of nitrogens with two attached hydrogens (primary N) is 2. The van der Waals surface area contributed by atoms with Gasteiger partial charge in [0, 0.05) is 22.7 Å². The summed E-state index contributed by atoms with van der Waals surface area (Å²) in [5, 5.41) is 0.666. The molecule has 126 valence electrons. The van der Waals surface area contributed by atoms with Gasteiger partial charge in [-0.1, -0.05) is 12.1 Å². The van der Waals surface area contributed by atoms with Gasteiger partial charge >= 0.3 is 0 Å². The lowest BCUT2D eigenvalue weighted by atomic mass is 9.96. The maximum absolute atomic E-state index is 14.5. The molecule has 0 saturated carbocycles. The Labute approximate surface area is 144 Å². The van der Waals surface area contributed by atoms with Crippen LogP contribution in [0.15, 0.2) is 47.6 Å². The monoisotopic (exact) mass is 336 g/mol. The maximum atomic E-state index is 14.5. The van der Waals surface area contributed by atoms with Gasteiger partial charge in [0.25, 0.3) is 5.91 Å². The Morgan fingerprint density at radius 1 is 1.08 bits per heavy atom. The van der Waals surface area contributed by atoms with Crippen molar-refractivity contribution in [3.8, 4) is 11.1 Å². The first-order valence-electron chi connectivity index (χ1n) is 7.66. The molecule has 3 aromatic rings. The highest BCUT2D eigenvalue weighted by Gasteiger charge is 2.14. The number of carbonyl (C=O) groups is 1. The number of fused-ring (bicyclic) bond motifs is 1. The summed E-state index contributed by atoms with van der Waals surface area (Å²) in [6.07, 6.45) is 1.63. The van der Waals surface area contributed by atoms with Gasteiger partial charge in [-0.2, -0.15) is 4.99 Å². The molecule has 25 heavy (non-hydrogen) atoms. The van der Waals surface area contributed by atoms with Crippen molar-refractivity contribution in [1.82, 2.24) is 4.98 Å². The number of amides is 1. The van der Waals surface area contributed by atoms with Crippen LogP contribution in [0.4, 0.5) is 4.39 Å². The van der Waals surface area contributed by atoms with E-state index in [1.165, 1.54) is 6.07 Å². The van der Waals surface area contributed by atoms with Gasteiger partial charge in [-0.15, -0.1) is 0 Å². The molecule has 0 spiro atoms. The van der Waals surface area contributed by atoms with Gasteiger partial charge in [0.1, 0.15) is 5.82 Å². The number of guanidine groups is 1. The number of carbonyl (C=O) groups excluding carboxylic acids is 1. The second-order valence-electron chi connectivity index (χ2n) is 5.87. The smallest absolute Gasteiger partial charge is 0.280 e. The Morgan fingerprint density at radius 3 is 2.52 bits per heavy atom. The number of hydrogen-bond donors (Lipinski definition) is 2. The minimum atomic E-state index is -0.552. The number of aromatic nitrogens is 1. The summed E-state index contributed by atoms with van der Waals surface area (Å²) in [5.74, 6) is -1.19. The lowest BCUT2D eigenvalue weighted by Crippen LogP contribution is -2.24. The zero-order valence-electron chi connectivity index (χ0n) is 13.9. The zero-order chi connectivity index (χ0) is 18.1. The molecule has 0 aliphatic rings. The molecule has 0 bridgehead atoms. The molecule has 2 aromatic carbocycles. The summed E-state index contributed by atoms with van der Waals surface area (Å²) in [6, 6.07) is 10.1. The predicted molar refractivity (Wildman–Crippen MR) is 96.8 cm³/mol. The number of rotatable bonds is 2. The van der Waals surface area contributed by atoms with Crippen molar-refractivity contribution in [2.75, 3.05) is 0 Å². The number of nitrogens with zero attached hydrogens (tertiary/aromatic N) is 2. The molecule has 0 atom stereocenters. The molecule has 0 aliphatic heterocycles. The molecule has 0 aliphatic carbocycles. The summed E-state index contributed by atoms with van der Waals surface area (Å²) in [5.41, 5.74) is 14.3. The number of halogens is 1. The molecule has 1 aromatic heterocycles. The average molecular weight is 336 g/mol. The molecule has 4 N–H and O–H groups in total. The molecule has 0 unspecified atom stereocenters. The van der Waals surface area contributed by atoms with Crippen molar-refractivity contribution in [3.05, 3.63) is 65.1 Å². The van der Waals surface area contributed by atoms with E-state index in [2.05, 4.69) is 9.98 Å². The lowest BCUT2D eigenvalue weighted by molar-refractivity contribution is 0.100. The summed E-state index contributed by atoms with van der Waals surface area (Å²) < 4.78 is 14.5. The van der Waals surface area contributed by atoms with E-state index >= 15 is 0 Å². The van der Waals surface area contributed by atoms with Gasteiger partial charge in [-0.25, -0.2) is 4.39 Å². The van der Waals surface area contributed by atoms with E-state index in [-0.39, 0.29) is 11.8 Å². The minimum absolute atomic E-state index is 0.307. The number of aryl methyl sites for hydroxylation is 2. The molecule has 1 amide bonds. The summed E-state index contributed by atoms with van der Waals surface area (Å²) >= 11 is 0. The second kappa shape index (κ2) is 6.32.